The lowest BCUT2D eigenvalue weighted by Gasteiger charge is -2.38. The van der Waals surface area contributed by atoms with Gasteiger partial charge in [-0.3, -0.25) is 14.7 Å². The molecule has 1 amide bonds. The van der Waals surface area contributed by atoms with Crippen molar-refractivity contribution >= 4 is 5.91 Å². The van der Waals surface area contributed by atoms with E-state index in [0.717, 1.165) is 44.7 Å². The van der Waals surface area contributed by atoms with Gasteiger partial charge in [-0.1, -0.05) is 6.07 Å². The molecule has 4 rings (SSSR count). The van der Waals surface area contributed by atoms with Crippen molar-refractivity contribution in [2.45, 2.75) is 37.5 Å². The summed E-state index contributed by atoms with van der Waals surface area (Å²) >= 11 is 0. The van der Waals surface area contributed by atoms with Crippen LogP contribution in [0.2, 0.25) is 0 Å². The number of rotatable bonds is 4. The monoisotopic (exact) mass is 355 g/mol. The predicted molar refractivity (Wildman–Crippen MR) is 96.5 cm³/mol. The number of nitrogens with zero attached hydrogens (tertiary/aromatic N) is 4. The van der Waals surface area contributed by atoms with Crippen LogP contribution in [0.25, 0.3) is 0 Å². The maximum atomic E-state index is 12.3. The number of carbonyl (C=O) groups excluding carboxylic acids is 1. The summed E-state index contributed by atoms with van der Waals surface area (Å²) in [5, 5.41) is 3.07. The summed E-state index contributed by atoms with van der Waals surface area (Å²) in [6, 6.07) is 5.43. The minimum Gasteiger partial charge on any atom is -0.373 e. The van der Waals surface area contributed by atoms with E-state index in [1.807, 2.05) is 31.6 Å². The maximum absolute atomic E-state index is 12.3. The lowest BCUT2D eigenvalue weighted by atomic mass is 9.87. The molecule has 7 heteroatoms. The second kappa shape index (κ2) is 7.17. The van der Waals surface area contributed by atoms with E-state index in [0.29, 0.717) is 12.3 Å². The zero-order chi connectivity index (χ0) is 18.0. The molecule has 0 saturated carbocycles. The molecular weight excluding hydrogens is 330 g/mol. The summed E-state index contributed by atoms with van der Waals surface area (Å²) in [6.07, 6.45) is 8.33. The Morgan fingerprint density at radius 2 is 2.15 bits per heavy atom. The van der Waals surface area contributed by atoms with Crippen molar-refractivity contribution in [1.29, 1.82) is 0 Å². The van der Waals surface area contributed by atoms with Gasteiger partial charge in [0.25, 0.3) is 5.91 Å². The molecule has 0 bridgehead atoms. The quantitative estimate of drug-likeness (QED) is 0.897. The molecule has 0 aromatic carbocycles. The van der Waals surface area contributed by atoms with Gasteiger partial charge in [0.2, 0.25) is 0 Å². The van der Waals surface area contributed by atoms with E-state index in [2.05, 4.69) is 24.8 Å². The van der Waals surface area contributed by atoms with Gasteiger partial charge in [-0.2, -0.15) is 0 Å². The maximum Gasteiger partial charge on any atom is 0.270 e. The van der Waals surface area contributed by atoms with Crippen LogP contribution in [0.15, 0.2) is 36.8 Å². The Kier molecular flexibility index (Phi) is 4.74. The van der Waals surface area contributed by atoms with Crippen LogP contribution in [0.1, 0.15) is 35.6 Å². The summed E-state index contributed by atoms with van der Waals surface area (Å²) in [5.41, 5.74) is 0.360. The van der Waals surface area contributed by atoms with Gasteiger partial charge in [0.15, 0.2) is 0 Å². The van der Waals surface area contributed by atoms with E-state index in [-0.39, 0.29) is 17.6 Å². The van der Waals surface area contributed by atoms with Gasteiger partial charge in [0, 0.05) is 38.7 Å². The Labute approximate surface area is 153 Å². The van der Waals surface area contributed by atoms with Crippen LogP contribution in [0.3, 0.4) is 0 Å². The average molecular weight is 355 g/mol. The fourth-order valence-corrected chi connectivity index (χ4v) is 3.91. The molecule has 2 aliphatic heterocycles. The molecule has 0 radical (unpaired) electrons. The Hall–Kier alpha value is -2.25. The first-order valence-corrected chi connectivity index (χ1v) is 9.18. The number of likely N-dealkylation sites (tertiary alicyclic amines) is 1. The third-order valence-corrected chi connectivity index (χ3v) is 5.50. The van der Waals surface area contributed by atoms with Crippen molar-refractivity contribution in [3.8, 4) is 0 Å². The second-order valence-corrected chi connectivity index (χ2v) is 7.31. The molecule has 7 nitrogen and oxygen atoms in total. The fraction of sp³-hybridized carbons (Fsp3) is 0.526. The number of carbonyl (C=O) groups is 1. The van der Waals surface area contributed by atoms with Crippen LogP contribution in [-0.2, 0) is 18.3 Å². The number of piperidine rings is 1. The van der Waals surface area contributed by atoms with Crippen LogP contribution >= 0.6 is 0 Å². The highest BCUT2D eigenvalue weighted by molar-refractivity contribution is 5.92. The van der Waals surface area contributed by atoms with E-state index in [1.165, 1.54) is 0 Å². The Balaban J connectivity index is 1.29. The number of amides is 1. The van der Waals surface area contributed by atoms with Crippen LogP contribution < -0.4 is 5.32 Å². The minimum atomic E-state index is -0.122. The van der Waals surface area contributed by atoms with Crippen LogP contribution in [0, 0.1) is 0 Å². The molecule has 2 aliphatic rings. The van der Waals surface area contributed by atoms with E-state index in [1.54, 1.807) is 12.3 Å². The summed E-state index contributed by atoms with van der Waals surface area (Å²) < 4.78 is 8.22. The molecule has 0 aliphatic carbocycles. The molecule has 0 unspecified atom stereocenters. The highest BCUT2D eigenvalue weighted by atomic mass is 16.5. The summed E-state index contributed by atoms with van der Waals surface area (Å²) in [6.45, 7) is 3.44. The zero-order valence-electron chi connectivity index (χ0n) is 15.1. The highest BCUT2D eigenvalue weighted by Gasteiger charge is 2.43. The molecule has 2 aromatic heterocycles. The standard InChI is InChI=1S/C19H25N5O2/c1-23-11-8-21-17(23)13-24-9-5-19(6-10-24)12-15(14-26-19)22-18(25)16-4-2-3-7-20-16/h2-4,7-8,11,15H,5-6,9-10,12-14H2,1H3,(H,22,25)/t15-/m0/s1. The van der Waals surface area contributed by atoms with Crippen molar-refractivity contribution in [2.24, 2.45) is 7.05 Å². The van der Waals surface area contributed by atoms with Gasteiger partial charge < -0.3 is 14.6 Å². The topological polar surface area (TPSA) is 72.3 Å². The number of aromatic nitrogens is 3. The summed E-state index contributed by atoms with van der Waals surface area (Å²) in [4.78, 5) is 23.2. The predicted octanol–water partition coefficient (Wildman–Crippen LogP) is 1.37. The number of aryl methyl sites for hydroxylation is 1. The van der Waals surface area contributed by atoms with Crippen molar-refractivity contribution in [2.75, 3.05) is 19.7 Å². The van der Waals surface area contributed by atoms with Gasteiger partial charge in [0.05, 0.1) is 24.8 Å². The van der Waals surface area contributed by atoms with Crippen molar-refractivity contribution in [3.63, 3.8) is 0 Å². The van der Waals surface area contributed by atoms with Crippen molar-refractivity contribution in [1.82, 2.24) is 24.8 Å². The third kappa shape index (κ3) is 3.64. The molecule has 4 heterocycles. The number of imidazole rings is 1. The molecule has 138 valence electrons. The Morgan fingerprint density at radius 1 is 1.31 bits per heavy atom. The molecule has 2 fully saturated rings. The lowest BCUT2D eigenvalue weighted by molar-refractivity contribution is -0.0453. The van der Waals surface area contributed by atoms with Gasteiger partial charge in [-0.05, 0) is 31.4 Å². The first kappa shape index (κ1) is 17.2. The zero-order valence-corrected chi connectivity index (χ0v) is 15.1. The Bertz CT molecular complexity index is 752. The van der Waals surface area contributed by atoms with Crippen LogP contribution in [-0.4, -0.2) is 56.7 Å². The molecule has 1 N–H and O–H groups in total. The third-order valence-electron chi connectivity index (χ3n) is 5.50. The first-order chi connectivity index (χ1) is 12.6. The SMILES string of the molecule is Cn1ccnc1CN1CCC2(CC1)C[C@H](NC(=O)c1ccccn1)CO2. The summed E-state index contributed by atoms with van der Waals surface area (Å²) in [5.74, 6) is 0.970. The Morgan fingerprint density at radius 3 is 2.85 bits per heavy atom. The number of ether oxygens (including phenoxy) is 1. The number of nitrogens with one attached hydrogen (secondary N) is 1. The molecule has 2 saturated heterocycles. The van der Waals surface area contributed by atoms with Gasteiger partial charge in [-0.25, -0.2) is 4.98 Å². The number of hydrogen-bond donors (Lipinski definition) is 1. The first-order valence-electron chi connectivity index (χ1n) is 9.18. The van der Waals surface area contributed by atoms with Crippen LogP contribution in [0.5, 0.6) is 0 Å². The minimum absolute atomic E-state index is 0.0607. The molecule has 26 heavy (non-hydrogen) atoms. The van der Waals surface area contributed by atoms with E-state index >= 15 is 0 Å². The van der Waals surface area contributed by atoms with Crippen molar-refractivity contribution in [3.05, 3.63) is 48.3 Å². The largest absolute Gasteiger partial charge is 0.373 e. The molecular formula is C19H25N5O2. The summed E-state index contributed by atoms with van der Waals surface area (Å²) in [7, 11) is 2.03. The average Bonchev–Trinajstić information content (AvgIpc) is 3.24. The van der Waals surface area contributed by atoms with Gasteiger partial charge >= 0.3 is 0 Å². The van der Waals surface area contributed by atoms with Gasteiger partial charge in [0.1, 0.15) is 11.5 Å². The normalized spacial score (nSPS) is 22.6. The number of hydrogen-bond acceptors (Lipinski definition) is 5. The highest BCUT2D eigenvalue weighted by Crippen LogP contribution is 2.36. The van der Waals surface area contributed by atoms with E-state index < -0.39 is 0 Å². The number of pyridine rings is 1. The van der Waals surface area contributed by atoms with Crippen molar-refractivity contribution < 1.29 is 9.53 Å². The molecule has 2 aromatic rings. The smallest absolute Gasteiger partial charge is 0.270 e. The van der Waals surface area contributed by atoms with Gasteiger partial charge in [-0.15, -0.1) is 0 Å². The second-order valence-electron chi connectivity index (χ2n) is 7.31. The molecule has 1 spiro atoms. The van der Waals surface area contributed by atoms with Crippen LogP contribution in [0.4, 0.5) is 0 Å². The fourth-order valence-electron chi connectivity index (χ4n) is 3.91. The molecule has 1 atom stereocenters. The lowest BCUT2D eigenvalue weighted by Crippen LogP contribution is -2.45. The van der Waals surface area contributed by atoms with E-state index in [4.69, 9.17) is 4.74 Å². The van der Waals surface area contributed by atoms with E-state index in [9.17, 15) is 4.79 Å².